The number of allylic oxidation sites excluding steroid dienone is 5. The van der Waals surface area contributed by atoms with Gasteiger partial charge in [0.05, 0.1) is 9.80 Å². The maximum atomic E-state index is 12.4. The van der Waals surface area contributed by atoms with E-state index in [0.717, 1.165) is 0 Å². The highest BCUT2D eigenvalue weighted by atomic mass is 32.2. The molecule has 0 atom stereocenters. The van der Waals surface area contributed by atoms with Crippen LogP contribution in [0.4, 0.5) is 0 Å². The van der Waals surface area contributed by atoms with Gasteiger partial charge in [0, 0.05) is 12.0 Å². The number of hydrogen-bond acceptors (Lipinski definition) is 3. The lowest BCUT2D eigenvalue weighted by Gasteiger charge is -2.09. The SMILES string of the molecule is CCC(O)=C1C=CC=C1S(=O)(=O)c1ccccc1. The van der Waals surface area contributed by atoms with Crippen LogP contribution in [0.5, 0.6) is 0 Å². The Morgan fingerprint density at radius 2 is 1.89 bits per heavy atom. The average Bonchev–Trinajstić information content (AvgIpc) is 2.89. The number of aliphatic hydroxyl groups excluding tert-OH is 1. The Labute approximate surface area is 107 Å². The van der Waals surface area contributed by atoms with Crippen molar-refractivity contribution in [2.45, 2.75) is 18.2 Å². The van der Waals surface area contributed by atoms with E-state index in [4.69, 9.17) is 0 Å². The lowest BCUT2D eigenvalue weighted by atomic mass is 10.2. The number of sulfone groups is 1. The van der Waals surface area contributed by atoms with Crippen molar-refractivity contribution in [2.75, 3.05) is 0 Å². The van der Waals surface area contributed by atoms with Crippen molar-refractivity contribution in [3.63, 3.8) is 0 Å². The van der Waals surface area contributed by atoms with Crippen molar-refractivity contribution in [1.82, 2.24) is 0 Å². The van der Waals surface area contributed by atoms with Crippen molar-refractivity contribution in [2.24, 2.45) is 0 Å². The fourth-order valence-corrected chi connectivity index (χ4v) is 3.30. The number of aliphatic hydroxyl groups is 1. The monoisotopic (exact) mass is 262 g/mol. The Morgan fingerprint density at radius 3 is 2.50 bits per heavy atom. The molecule has 0 unspecified atom stereocenters. The second-order valence-electron chi connectivity index (χ2n) is 3.92. The second-order valence-corrected chi connectivity index (χ2v) is 5.84. The van der Waals surface area contributed by atoms with Gasteiger partial charge in [-0.2, -0.15) is 0 Å². The van der Waals surface area contributed by atoms with E-state index in [-0.39, 0.29) is 15.6 Å². The Bertz CT molecular complexity index is 635. The Hall–Kier alpha value is -1.81. The van der Waals surface area contributed by atoms with Crippen LogP contribution in [0, 0.1) is 0 Å². The molecule has 0 saturated heterocycles. The Morgan fingerprint density at radius 1 is 1.22 bits per heavy atom. The molecule has 1 aromatic rings. The molecule has 94 valence electrons. The van der Waals surface area contributed by atoms with E-state index in [1.165, 1.54) is 6.08 Å². The lowest BCUT2D eigenvalue weighted by molar-refractivity contribution is 0.391. The van der Waals surface area contributed by atoms with Crippen LogP contribution in [0.25, 0.3) is 0 Å². The first kappa shape index (κ1) is 12.6. The van der Waals surface area contributed by atoms with Crippen LogP contribution >= 0.6 is 0 Å². The zero-order chi connectivity index (χ0) is 13.2. The van der Waals surface area contributed by atoms with Gasteiger partial charge in [-0.15, -0.1) is 0 Å². The van der Waals surface area contributed by atoms with Gasteiger partial charge in [0.1, 0.15) is 5.76 Å². The fourth-order valence-electron chi connectivity index (χ4n) is 1.79. The van der Waals surface area contributed by atoms with E-state index < -0.39 is 9.84 Å². The molecule has 4 heteroatoms. The third-order valence-electron chi connectivity index (χ3n) is 2.76. The molecule has 0 aliphatic heterocycles. The van der Waals surface area contributed by atoms with Gasteiger partial charge >= 0.3 is 0 Å². The van der Waals surface area contributed by atoms with Crippen molar-refractivity contribution in [3.8, 4) is 0 Å². The highest BCUT2D eigenvalue weighted by Crippen LogP contribution is 2.31. The molecule has 3 nitrogen and oxygen atoms in total. The average molecular weight is 262 g/mol. The normalized spacial score (nSPS) is 17.7. The molecule has 0 spiro atoms. The zero-order valence-corrected chi connectivity index (χ0v) is 10.8. The summed E-state index contributed by atoms with van der Waals surface area (Å²) in [6.07, 6.45) is 5.18. The number of hydrogen-bond donors (Lipinski definition) is 1. The quantitative estimate of drug-likeness (QED) is 0.851. The van der Waals surface area contributed by atoms with Gasteiger partial charge in [0.25, 0.3) is 0 Å². The molecule has 1 N–H and O–H groups in total. The van der Waals surface area contributed by atoms with E-state index in [1.807, 2.05) is 0 Å². The summed E-state index contributed by atoms with van der Waals surface area (Å²) in [6.45, 7) is 1.78. The molecular formula is C14H14O3S. The summed E-state index contributed by atoms with van der Waals surface area (Å²) in [6, 6.07) is 8.22. The van der Waals surface area contributed by atoms with E-state index in [1.54, 1.807) is 49.4 Å². The van der Waals surface area contributed by atoms with Crippen molar-refractivity contribution < 1.29 is 13.5 Å². The first-order chi connectivity index (χ1) is 8.57. The van der Waals surface area contributed by atoms with Crippen LogP contribution in [0.15, 0.2) is 69.7 Å². The predicted octanol–water partition coefficient (Wildman–Crippen LogP) is 3.14. The summed E-state index contributed by atoms with van der Waals surface area (Å²) in [5, 5.41) is 9.76. The summed E-state index contributed by atoms with van der Waals surface area (Å²) >= 11 is 0. The number of rotatable bonds is 3. The summed E-state index contributed by atoms with van der Waals surface area (Å²) in [5.41, 5.74) is 0.390. The van der Waals surface area contributed by atoms with Gasteiger partial charge in [-0.1, -0.05) is 37.3 Å². The molecular weight excluding hydrogens is 248 g/mol. The largest absolute Gasteiger partial charge is 0.512 e. The minimum Gasteiger partial charge on any atom is -0.512 e. The lowest BCUT2D eigenvalue weighted by Crippen LogP contribution is -2.06. The van der Waals surface area contributed by atoms with Crippen LogP contribution in [0.2, 0.25) is 0 Å². The minimum atomic E-state index is -3.56. The van der Waals surface area contributed by atoms with Crippen LogP contribution < -0.4 is 0 Å². The van der Waals surface area contributed by atoms with Gasteiger partial charge in [-0.05, 0) is 18.2 Å². The van der Waals surface area contributed by atoms with Crippen LogP contribution in [-0.2, 0) is 9.84 Å². The molecule has 2 rings (SSSR count). The van der Waals surface area contributed by atoms with Crippen molar-refractivity contribution in [3.05, 3.63) is 64.8 Å². The smallest absolute Gasteiger partial charge is 0.207 e. The molecule has 0 fully saturated rings. The third kappa shape index (κ3) is 2.11. The molecule has 1 aliphatic rings. The minimum absolute atomic E-state index is 0.0921. The first-order valence-corrected chi connectivity index (χ1v) is 7.16. The molecule has 18 heavy (non-hydrogen) atoms. The first-order valence-electron chi connectivity index (χ1n) is 5.68. The molecule has 0 bridgehead atoms. The molecule has 0 aromatic heterocycles. The van der Waals surface area contributed by atoms with Gasteiger partial charge in [0.2, 0.25) is 9.84 Å². The van der Waals surface area contributed by atoms with Crippen molar-refractivity contribution in [1.29, 1.82) is 0 Å². The summed E-state index contributed by atoms with van der Waals surface area (Å²) < 4.78 is 24.8. The van der Waals surface area contributed by atoms with Crippen LogP contribution in [0.1, 0.15) is 13.3 Å². The Balaban J connectivity index is 2.52. The van der Waals surface area contributed by atoms with Crippen LogP contribution in [0.3, 0.4) is 0 Å². The molecule has 1 aliphatic carbocycles. The standard InChI is InChI=1S/C14H14O3S/c1-2-13(15)12-9-6-10-14(12)18(16,17)11-7-4-3-5-8-11/h3-10,15H,2H2,1H3. The highest BCUT2D eigenvalue weighted by molar-refractivity contribution is 7.95. The molecule has 0 heterocycles. The van der Waals surface area contributed by atoms with Gasteiger partial charge in [0.15, 0.2) is 0 Å². The van der Waals surface area contributed by atoms with Gasteiger partial charge in [-0.25, -0.2) is 8.42 Å². The third-order valence-corrected chi connectivity index (χ3v) is 4.59. The maximum absolute atomic E-state index is 12.4. The fraction of sp³-hybridized carbons (Fsp3) is 0.143. The predicted molar refractivity (Wildman–Crippen MR) is 70.8 cm³/mol. The van der Waals surface area contributed by atoms with Gasteiger partial charge in [-0.3, -0.25) is 0 Å². The highest BCUT2D eigenvalue weighted by Gasteiger charge is 2.26. The van der Waals surface area contributed by atoms with Crippen molar-refractivity contribution >= 4 is 9.84 Å². The van der Waals surface area contributed by atoms with E-state index in [9.17, 15) is 13.5 Å². The topological polar surface area (TPSA) is 54.4 Å². The molecule has 0 radical (unpaired) electrons. The Kier molecular flexibility index (Phi) is 3.39. The van der Waals surface area contributed by atoms with E-state index >= 15 is 0 Å². The molecule has 0 amide bonds. The van der Waals surface area contributed by atoms with Crippen LogP contribution in [-0.4, -0.2) is 13.5 Å². The summed E-state index contributed by atoms with van der Waals surface area (Å²) in [5.74, 6) is 0.0921. The molecule has 1 aromatic carbocycles. The number of benzene rings is 1. The van der Waals surface area contributed by atoms with E-state index in [0.29, 0.717) is 12.0 Å². The van der Waals surface area contributed by atoms with E-state index in [2.05, 4.69) is 0 Å². The molecule has 0 saturated carbocycles. The van der Waals surface area contributed by atoms with Gasteiger partial charge < -0.3 is 5.11 Å². The summed E-state index contributed by atoms with van der Waals surface area (Å²) in [7, 11) is -3.56. The zero-order valence-electron chi connectivity index (χ0n) is 10.00. The maximum Gasteiger partial charge on any atom is 0.207 e. The summed E-state index contributed by atoms with van der Waals surface area (Å²) in [4.78, 5) is 0.398. The second kappa shape index (κ2) is 4.82.